The summed E-state index contributed by atoms with van der Waals surface area (Å²) in [5.41, 5.74) is 2.23. The molecule has 1 N–H and O–H groups in total. The second kappa shape index (κ2) is 5.53. The Balaban J connectivity index is 1.83. The normalized spacial score (nSPS) is 28.7. The summed E-state index contributed by atoms with van der Waals surface area (Å²) in [5, 5.41) is 3.34. The van der Waals surface area contributed by atoms with E-state index in [-0.39, 0.29) is 6.10 Å². The molecule has 0 saturated carbocycles. The molecule has 1 aromatic heterocycles. The molecule has 2 fully saturated rings. The van der Waals surface area contributed by atoms with Crippen molar-refractivity contribution in [2.45, 2.75) is 25.4 Å². The quantitative estimate of drug-likeness (QED) is 0.857. The van der Waals surface area contributed by atoms with Gasteiger partial charge >= 0.3 is 0 Å². The lowest BCUT2D eigenvalue weighted by Gasteiger charge is -2.23. The van der Waals surface area contributed by atoms with Gasteiger partial charge in [0.2, 0.25) is 0 Å². The minimum atomic E-state index is 0.00605. The molecular formula is C14H22N4O. The van der Waals surface area contributed by atoms with E-state index in [0.29, 0.717) is 5.92 Å². The van der Waals surface area contributed by atoms with Gasteiger partial charge in [-0.25, -0.2) is 9.97 Å². The van der Waals surface area contributed by atoms with Crippen molar-refractivity contribution in [3.8, 4) is 0 Å². The maximum Gasteiger partial charge on any atom is 0.158 e. The van der Waals surface area contributed by atoms with Crippen LogP contribution in [0.1, 0.15) is 35.7 Å². The van der Waals surface area contributed by atoms with E-state index < -0.39 is 0 Å². The van der Waals surface area contributed by atoms with E-state index in [2.05, 4.69) is 28.3 Å². The van der Waals surface area contributed by atoms with Gasteiger partial charge in [-0.2, -0.15) is 0 Å². The summed E-state index contributed by atoms with van der Waals surface area (Å²) in [5.74, 6) is 1.39. The van der Waals surface area contributed by atoms with Gasteiger partial charge in [-0.15, -0.1) is 0 Å². The maximum absolute atomic E-state index is 5.76. The van der Waals surface area contributed by atoms with E-state index in [0.717, 1.165) is 44.3 Å². The molecule has 0 amide bonds. The van der Waals surface area contributed by atoms with Gasteiger partial charge in [-0.1, -0.05) is 0 Å². The number of aromatic nitrogens is 2. The average Bonchev–Trinajstić information content (AvgIpc) is 2.86. The van der Waals surface area contributed by atoms with Crippen molar-refractivity contribution in [3.63, 3.8) is 0 Å². The Morgan fingerprint density at radius 1 is 1.42 bits per heavy atom. The number of hydrogen-bond donors (Lipinski definition) is 1. The van der Waals surface area contributed by atoms with Crippen molar-refractivity contribution in [3.05, 3.63) is 23.3 Å². The Hall–Kier alpha value is -1.04. The molecule has 3 rings (SSSR count). The van der Waals surface area contributed by atoms with E-state index >= 15 is 0 Å². The lowest BCUT2D eigenvalue weighted by Crippen LogP contribution is -2.34. The molecule has 0 aromatic carbocycles. The zero-order chi connectivity index (χ0) is 13.2. The Bertz CT molecular complexity index is 422. The summed E-state index contributed by atoms with van der Waals surface area (Å²) in [6.45, 7) is 6.77. The summed E-state index contributed by atoms with van der Waals surface area (Å²) in [6, 6.07) is 2.13. The van der Waals surface area contributed by atoms with E-state index in [4.69, 9.17) is 9.72 Å². The molecule has 104 valence electrons. The fourth-order valence-electron chi connectivity index (χ4n) is 2.88. The van der Waals surface area contributed by atoms with Gasteiger partial charge in [0.25, 0.3) is 0 Å². The maximum atomic E-state index is 5.76. The molecule has 5 nitrogen and oxygen atoms in total. The first-order valence-corrected chi connectivity index (χ1v) is 7.09. The number of ether oxygens (including phenoxy) is 1. The third kappa shape index (κ3) is 2.94. The second-order valence-electron chi connectivity index (χ2n) is 5.60. The van der Waals surface area contributed by atoms with Gasteiger partial charge in [-0.05, 0) is 33.0 Å². The van der Waals surface area contributed by atoms with Crippen molar-refractivity contribution in [1.29, 1.82) is 0 Å². The number of aryl methyl sites for hydroxylation is 1. The van der Waals surface area contributed by atoms with Crippen LogP contribution >= 0.6 is 0 Å². The monoisotopic (exact) mass is 262 g/mol. The smallest absolute Gasteiger partial charge is 0.158 e. The fourth-order valence-corrected chi connectivity index (χ4v) is 2.88. The summed E-state index contributed by atoms with van der Waals surface area (Å²) in [4.78, 5) is 11.7. The Labute approximate surface area is 114 Å². The van der Waals surface area contributed by atoms with Gasteiger partial charge in [0.05, 0.1) is 6.61 Å². The number of nitrogens with one attached hydrogen (secondary N) is 1. The predicted octanol–water partition coefficient (Wildman–Crippen LogP) is 0.865. The highest BCUT2D eigenvalue weighted by atomic mass is 16.5. The molecule has 0 spiro atoms. The number of likely N-dealkylation sites (tertiary alicyclic amines) is 1. The van der Waals surface area contributed by atoms with Crippen LogP contribution in [-0.2, 0) is 4.74 Å². The Kier molecular flexibility index (Phi) is 3.77. The van der Waals surface area contributed by atoms with E-state index in [9.17, 15) is 0 Å². The molecule has 1 aromatic rings. The number of hydrogen-bond acceptors (Lipinski definition) is 5. The fraction of sp³-hybridized carbons (Fsp3) is 0.714. The molecule has 2 saturated heterocycles. The van der Waals surface area contributed by atoms with Crippen LogP contribution in [0.4, 0.5) is 0 Å². The molecule has 2 atom stereocenters. The molecule has 19 heavy (non-hydrogen) atoms. The largest absolute Gasteiger partial charge is 0.368 e. The molecular weight excluding hydrogens is 240 g/mol. The molecule has 3 heterocycles. The highest BCUT2D eigenvalue weighted by Gasteiger charge is 2.25. The van der Waals surface area contributed by atoms with Crippen LogP contribution in [0.5, 0.6) is 0 Å². The van der Waals surface area contributed by atoms with Crippen molar-refractivity contribution in [2.75, 3.05) is 39.8 Å². The first kappa shape index (κ1) is 13.0. The predicted molar refractivity (Wildman–Crippen MR) is 73.2 cm³/mol. The summed E-state index contributed by atoms with van der Waals surface area (Å²) < 4.78 is 5.76. The highest BCUT2D eigenvalue weighted by Crippen LogP contribution is 2.26. The first-order chi connectivity index (χ1) is 9.22. The molecule has 0 aliphatic carbocycles. The first-order valence-electron chi connectivity index (χ1n) is 7.09. The molecule has 5 heteroatoms. The van der Waals surface area contributed by atoms with Crippen molar-refractivity contribution < 1.29 is 4.74 Å². The van der Waals surface area contributed by atoms with E-state index in [1.165, 1.54) is 12.1 Å². The van der Waals surface area contributed by atoms with Gasteiger partial charge in [0, 0.05) is 36.9 Å². The lowest BCUT2D eigenvalue weighted by atomic mass is 10.0. The highest BCUT2D eigenvalue weighted by molar-refractivity contribution is 5.17. The van der Waals surface area contributed by atoms with Crippen LogP contribution < -0.4 is 5.32 Å². The topological polar surface area (TPSA) is 50.3 Å². The molecule has 2 unspecified atom stereocenters. The van der Waals surface area contributed by atoms with Crippen LogP contribution in [0.2, 0.25) is 0 Å². The third-order valence-electron chi connectivity index (χ3n) is 3.92. The number of nitrogens with zero attached hydrogens (tertiary/aromatic N) is 3. The minimum Gasteiger partial charge on any atom is -0.368 e. The zero-order valence-corrected chi connectivity index (χ0v) is 11.7. The van der Waals surface area contributed by atoms with Gasteiger partial charge in [0.15, 0.2) is 5.82 Å². The minimum absolute atomic E-state index is 0.00605. The number of rotatable bonds is 2. The molecule has 0 bridgehead atoms. The number of morpholine rings is 1. The summed E-state index contributed by atoms with van der Waals surface area (Å²) >= 11 is 0. The molecule has 2 aliphatic heterocycles. The van der Waals surface area contributed by atoms with Crippen LogP contribution in [0.3, 0.4) is 0 Å². The Morgan fingerprint density at radius 2 is 2.32 bits per heavy atom. The zero-order valence-electron chi connectivity index (χ0n) is 11.7. The van der Waals surface area contributed by atoms with Gasteiger partial charge in [-0.3, -0.25) is 0 Å². The van der Waals surface area contributed by atoms with E-state index in [1.54, 1.807) is 0 Å². The molecule has 2 aliphatic rings. The van der Waals surface area contributed by atoms with Crippen molar-refractivity contribution in [1.82, 2.24) is 20.2 Å². The third-order valence-corrected chi connectivity index (χ3v) is 3.92. The van der Waals surface area contributed by atoms with Crippen molar-refractivity contribution in [2.24, 2.45) is 0 Å². The Morgan fingerprint density at radius 3 is 3.00 bits per heavy atom. The van der Waals surface area contributed by atoms with Crippen LogP contribution in [0, 0.1) is 6.92 Å². The standard InChI is InChI=1S/C14H22N4O/c1-10-7-12(11-3-5-18(2)9-11)17-14(16-10)13-8-15-4-6-19-13/h7,11,13,15H,3-6,8-9H2,1-2H3. The van der Waals surface area contributed by atoms with Crippen LogP contribution in [0.25, 0.3) is 0 Å². The average molecular weight is 262 g/mol. The summed E-state index contributed by atoms with van der Waals surface area (Å²) in [7, 11) is 2.17. The van der Waals surface area contributed by atoms with Crippen LogP contribution in [0.15, 0.2) is 6.07 Å². The van der Waals surface area contributed by atoms with Crippen LogP contribution in [-0.4, -0.2) is 54.7 Å². The number of likely N-dealkylation sites (N-methyl/N-ethyl adjacent to an activating group) is 1. The van der Waals surface area contributed by atoms with Gasteiger partial charge in [0.1, 0.15) is 6.10 Å². The van der Waals surface area contributed by atoms with Gasteiger partial charge < -0.3 is 15.0 Å². The molecule has 0 radical (unpaired) electrons. The van der Waals surface area contributed by atoms with E-state index in [1.807, 2.05) is 6.92 Å². The van der Waals surface area contributed by atoms with Crippen molar-refractivity contribution >= 4 is 0 Å². The second-order valence-corrected chi connectivity index (χ2v) is 5.60. The SMILES string of the molecule is Cc1cc(C2CCN(C)C2)nc(C2CNCCO2)n1. The lowest BCUT2D eigenvalue weighted by molar-refractivity contribution is 0.0218. The summed E-state index contributed by atoms with van der Waals surface area (Å²) in [6.07, 6.45) is 1.20.